The third-order valence-corrected chi connectivity index (χ3v) is 2.95. The van der Waals surface area contributed by atoms with Gasteiger partial charge in [0.05, 0.1) is 0 Å². The van der Waals surface area contributed by atoms with E-state index in [9.17, 15) is 4.79 Å². The standard InChI is InChI=1S/C12H17N3O/c1-10-5-7-13-8-9-15(10)12(16)11-4-2-3-6-14-11/h2-4,6,10,13H,5,7-9H2,1H3. The van der Waals surface area contributed by atoms with E-state index in [1.54, 1.807) is 12.3 Å². The van der Waals surface area contributed by atoms with Crippen molar-refractivity contribution in [2.45, 2.75) is 19.4 Å². The Kier molecular flexibility index (Phi) is 3.51. The zero-order valence-electron chi connectivity index (χ0n) is 9.52. The lowest BCUT2D eigenvalue weighted by molar-refractivity contribution is 0.0698. The van der Waals surface area contributed by atoms with Crippen molar-refractivity contribution >= 4 is 5.91 Å². The van der Waals surface area contributed by atoms with Crippen molar-refractivity contribution in [3.05, 3.63) is 30.1 Å². The minimum Gasteiger partial charge on any atom is -0.333 e. The number of hydrogen-bond acceptors (Lipinski definition) is 3. The van der Waals surface area contributed by atoms with E-state index < -0.39 is 0 Å². The molecule has 0 spiro atoms. The summed E-state index contributed by atoms with van der Waals surface area (Å²) in [6, 6.07) is 5.72. The second-order valence-corrected chi connectivity index (χ2v) is 4.10. The number of hydrogen-bond donors (Lipinski definition) is 1. The molecule has 0 radical (unpaired) electrons. The number of aromatic nitrogens is 1. The number of nitrogens with zero attached hydrogens (tertiary/aromatic N) is 2. The Morgan fingerprint density at radius 3 is 3.12 bits per heavy atom. The highest BCUT2D eigenvalue weighted by atomic mass is 16.2. The van der Waals surface area contributed by atoms with Crippen LogP contribution < -0.4 is 5.32 Å². The van der Waals surface area contributed by atoms with E-state index in [1.807, 2.05) is 17.0 Å². The quantitative estimate of drug-likeness (QED) is 0.763. The number of pyridine rings is 1. The molecule has 0 bridgehead atoms. The number of rotatable bonds is 1. The summed E-state index contributed by atoms with van der Waals surface area (Å²) in [5.41, 5.74) is 0.538. The van der Waals surface area contributed by atoms with Crippen molar-refractivity contribution in [3.8, 4) is 0 Å². The van der Waals surface area contributed by atoms with E-state index in [4.69, 9.17) is 0 Å². The van der Waals surface area contributed by atoms with E-state index in [0.717, 1.165) is 26.1 Å². The van der Waals surface area contributed by atoms with Crippen LogP contribution in [0.3, 0.4) is 0 Å². The molecule has 0 aromatic carbocycles. The van der Waals surface area contributed by atoms with Crippen LogP contribution in [0.25, 0.3) is 0 Å². The first kappa shape index (κ1) is 11.1. The summed E-state index contributed by atoms with van der Waals surface area (Å²) in [5, 5.41) is 3.30. The Morgan fingerprint density at radius 2 is 2.38 bits per heavy atom. The van der Waals surface area contributed by atoms with Gasteiger partial charge in [0.25, 0.3) is 5.91 Å². The molecule has 1 aromatic heterocycles. The van der Waals surface area contributed by atoms with Crippen LogP contribution in [0.4, 0.5) is 0 Å². The van der Waals surface area contributed by atoms with Crippen molar-refractivity contribution in [3.63, 3.8) is 0 Å². The predicted octanol–water partition coefficient (Wildman–Crippen LogP) is 0.906. The Balaban J connectivity index is 2.14. The highest BCUT2D eigenvalue weighted by Crippen LogP contribution is 2.10. The lowest BCUT2D eigenvalue weighted by Crippen LogP contribution is -2.40. The van der Waals surface area contributed by atoms with Crippen LogP contribution in [0.2, 0.25) is 0 Å². The number of nitrogens with one attached hydrogen (secondary N) is 1. The SMILES string of the molecule is CC1CCNCCN1C(=O)c1ccccn1. The molecule has 2 rings (SSSR count). The molecule has 0 saturated carbocycles. The molecule has 1 aromatic rings. The normalized spacial score (nSPS) is 21.6. The van der Waals surface area contributed by atoms with Crippen LogP contribution in [0.15, 0.2) is 24.4 Å². The van der Waals surface area contributed by atoms with Gasteiger partial charge >= 0.3 is 0 Å². The monoisotopic (exact) mass is 219 g/mol. The third-order valence-electron chi connectivity index (χ3n) is 2.95. The van der Waals surface area contributed by atoms with Gasteiger partial charge in [0, 0.05) is 25.3 Å². The summed E-state index contributed by atoms with van der Waals surface area (Å²) in [5.74, 6) is 0.0387. The summed E-state index contributed by atoms with van der Waals surface area (Å²) in [6.07, 6.45) is 2.66. The second kappa shape index (κ2) is 5.07. The maximum Gasteiger partial charge on any atom is 0.272 e. The minimum absolute atomic E-state index is 0.0387. The summed E-state index contributed by atoms with van der Waals surface area (Å²) in [7, 11) is 0. The summed E-state index contributed by atoms with van der Waals surface area (Å²) in [4.78, 5) is 18.2. The molecule has 1 fully saturated rings. The highest BCUT2D eigenvalue weighted by Gasteiger charge is 2.23. The fraction of sp³-hybridized carbons (Fsp3) is 0.500. The van der Waals surface area contributed by atoms with Crippen LogP contribution in [0, 0.1) is 0 Å². The van der Waals surface area contributed by atoms with Crippen molar-refractivity contribution in [1.82, 2.24) is 15.2 Å². The molecule has 1 N–H and O–H groups in total. The minimum atomic E-state index is 0.0387. The molecule has 4 heteroatoms. The van der Waals surface area contributed by atoms with Gasteiger partial charge in [-0.1, -0.05) is 6.07 Å². The van der Waals surface area contributed by atoms with Crippen LogP contribution in [0.5, 0.6) is 0 Å². The maximum atomic E-state index is 12.2. The van der Waals surface area contributed by atoms with Gasteiger partial charge in [-0.25, -0.2) is 0 Å². The molecule has 4 nitrogen and oxygen atoms in total. The Labute approximate surface area is 95.7 Å². The summed E-state index contributed by atoms with van der Waals surface area (Å²) >= 11 is 0. The largest absolute Gasteiger partial charge is 0.333 e. The molecule has 86 valence electrons. The van der Waals surface area contributed by atoms with Gasteiger partial charge in [-0.05, 0) is 32.0 Å². The molecular formula is C12H17N3O. The highest BCUT2D eigenvalue weighted by molar-refractivity contribution is 5.92. The Hall–Kier alpha value is -1.42. The molecule has 2 heterocycles. The van der Waals surface area contributed by atoms with Crippen LogP contribution in [-0.2, 0) is 0 Å². The topological polar surface area (TPSA) is 45.2 Å². The van der Waals surface area contributed by atoms with Gasteiger partial charge < -0.3 is 10.2 Å². The van der Waals surface area contributed by atoms with E-state index in [0.29, 0.717) is 5.69 Å². The zero-order valence-corrected chi connectivity index (χ0v) is 9.52. The predicted molar refractivity (Wildman–Crippen MR) is 62.2 cm³/mol. The molecule has 1 saturated heterocycles. The molecular weight excluding hydrogens is 202 g/mol. The average molecular weight is 219 g/mol. The van der Waals surface area contributed by atoms with E-state index in [-0.39, 0.29) is 11.9 Å². The molecule has 1 aliphatic rings. The zero-order chi connectivity index (χ0) is 11.4. The summed E-state index contributed by atoms with van der Waals surface area (Å²) < 4.78 is 0. The van der Waals surface area contributed by atoms with Gasteiger partial charge in [-0.15, -0.1) is 0 Å². The Morgan fingerprint density at radius 1 is 1.50 bits per heavy atom. The Bertz CT molecular complexity index is 353. The number of carbonyl (C=O) groups is 1. The average Bonchev–Trinajstić information content (AvgIpc) is 2.54. The van der Waals surface area contributed by atoms with Crippen molar-refractivity contribution in [2.24, 2.45) is 0 Å². The molecule has 1 atom stereocenters. The van der Waals surface area contributed by atoms with Gasteiger partial charge in [0.1, 0.15) is 5.69 Å². The maximum absolute atomic E-state index is 12.2. The van der Waals surface area contributed by atoms with Crippen molar-refractivity contribution in [1.29, 1.82) is 0 Å². The van der Waals surface area contributed by atoms with E-state index in [2.05, 4.69) is 17.2 Å². The lowest BCUT2D eigenvalue weighted by Gasteiger charge is -2.26. The lowest BCUT2D eigenvalue weighted by atomic mass is 10.2. The second-order valence-electron chi connectivity index (χ2n) is 4.10. The van der Waals surface area contributed by atoms with E-state index >= 15 is 0 Å². The molecule has 16 heavy (non-hydrogen) atoms. The van der Waals surface area contributed by atoms with Crippen molar-refractivity contribution in [2.75, 3.05) is 19.6 Å². The molecule has 0 aliphatic carbocycles. The van der Waals surface area contributed by atoms with Gasteiger partial charge in [0.2, 0.25) is 0 Å². The van der Waals surface area contributed by atoms with E-state index in [1.165, 1.54) is 0 Å². The molecule has 1 amide bonds. The summed E-state index contributed by atoms with van der Waals surface area (Å²) in [6.45, 7) is 4.69. The number of amides is 1. The molecule has 1 aliphatic heterocycles. The smallest absolute Gasteiger partial charge is 0.272 e. The first-order valence-corrected chi connectivity index (χ1v) is 5.72. The van der Waals surface area contributed by atoms with Crippen LogP contribution in [-0.4, -0.2) is 41.5 Å². The van der Waals surface area contributed by atoms with Gasteiger partial charge in [0.15, 0.2) is 0 Å². The van der Waals surface area contributed by atoms with Crippen molar-refractivity contribution < 1.29 is 4.79 Å². The van der Waals surface area contributed by atoms with Gasteiger partial charge in [-0.2, -0.15) is 0 Å². The van der Waals surface area contributed by atoms with Gasteiger partial charge in [-0.3, -0.25) is 9.78 Å². The first-order valence-electron chi connectivity index (χ1n) is 5.72. The third kappa shape index (κ3) is 2.39. The molecule has 1 unspecified atom stereocenters. The van der Waals surface area contributed by atoms with Crippen LogP contribution >= 0.6 is 0 Å². The van der Waals surface area contributed by atoms with Crippen LogP contribution in [0.1, 0.15) is 23.8 Å². The first-order chi connectivity index (χ1) is 7.79. The fourth-order valence-electron chi connectivity index (χ4n) is 1.95. The fourth-order valence-corrected chi connectivity index (χ4v) is 1.95. The number of carbonyl (C=O) groups excluding carboxylic acids is 1.